The van der Waals surface area contributed by atoms with E-state index in [2.05, 4.69) is 10.3 Å². The van der Waals surface area contributed by atoms with E-state index in [4.69, 9.17) is 9.52 Å². The number of nitrogens with one attached hydrogen (secondary N) is 1. The minimum atomic E-state index is -0.981. The van der Waals surface area contributed by atoms with Crippen LogP contribution in [0, 0.1) is 6.92 Å². The summed E-state index contributed by atoms with van der Waals surface area (Å²) < 4.78 is 5.12. The van der Waals surface area contributed by atoms with Crippen LogP contribution in [0.15, 0.2) is 34.9 Å². The number of hydrogen-bond donors (Lipinski definition) is 2. The highest BCUT2D eigenvalue weighted by Gasteiger charge is 2.07. The first kappa shape index (κ1) is 12.3. The van der Waals surface area contributed by atoms with Gasteiger partial charge in [-0.25, -0.2) is 4.79 Å². The number of hydrogen-bond acceptors (Lipinski definition) is 4. The monoisotopic (exact) mass is 246 g/mol. The van der Waals surface area contributed by atoms with Crippen LogP contribution in [0.2, 0.25) is 0 Å². The van der Waals surface area contributed by atoms with Gasteiger partial charge in [-0.15, -0.1) is 0 Å². The van der Waals surface area contributed by atoms with Crippen LogP contribution in [0.4, 0.5) is 0 Å². The van der Waals surface area contributed by atoms with Crippen molar-refractivity contribution in [3.8, 4) is 0 Å². The molecule has 94 valence electrons. The molecule has 0 aliphatic heterocycles. The van der Waals surface area contributed by atoms with Gasteiger partial charge >= 0.3 is 5.97 Å². The van der Waals surface area contributed by atoms with Gasteiger partial charge in [-0.2, -0.15) is 0 Å². The van der Waals surface area contributed by atoms with E-state index in [1.54, 1.807) is 0 Å². The molecular formula is C13H14N2O3. The van der Waals surface area contributed by atoms with Crippen LogP contribution in [-0.4, -0.2) is 16.1 Å². The fourth-order valence-electron chi connectivity index (χ4n) is 1.60. The Morgan fingerprint density at radius 1 is 1.44 bits per heavy atom. The number of carbonyl (C=O) groups is 1. The Bertz CT molecular complexity index is 549. The second-order valence-corrected chi connectivity index (χ2v) is 3.98. The van der Waals surface area contributed by atoms with Crippen molar-refractivity contribution in [1.82, 2.24) is 10.3 Å². The summed E-state index contributed by atoms with van der Waals surface area (Å²) in [6, 6.07) is 7.34. The van der Waals surface area contributed by atoms with Gasteiger partial charge in [0.1, 0.15) is 12.0 Å². The topological polar surface area (TPSA) is 75.4 Å². The molecule has 0 amide bonds. The molecule has 0 saturated carbocycles. The maximum absolute atomic E-state index is 10.7. The SMILES string of the molecule is Cc1cccc(CNCc2cc(C(=O)O)co2)n1. The van der Waals surface area contributed by atoms with E-state index in [1.807, 2.05) is 25.1 Å². The minimum Gasteiger partial charge on any atom is -0.478 e. The summed E-state index contributed by atoms with van der Waals surface area (Å²) in [6.07, 6.45) is 1.24. The van der Waals surface area contributed by atoms with Crippen molar-refractivity contribution in [3.63, 3.8) is 0 Å². The predicted octanol–water partition coefficient (Wildman–Crippen LogP) is 1.97. The molecule has 2 heterocycles. The van der Waals surface area contributed by atoms with E-state index in [0.29, 0.717) is 18.8 Å². The van der Waals surface area contributed by atoms with Crippen LogP contribution in [0.3, 0.4) is 0 Å². The van der Waals surface area contributed by atoms with Crippen molar-refractivity contribution in [2.45, 2.75) is 20.0 Å². The zero-order valence-corrected chi connectivity index (χ0v) is 10.0. The lowest BCUT2D eigenvalue weighted by Gasteiger charge is -2.02. The maximum atomic E-state index is 10.7. The Hall–Kier alpha value is -2.14. The third kappa shape index (κ3) is 3.18. The van der Waals surface area contributed by atoms with E-state index >= 15 is 0 Å². The molecule has 0 spiro atoms. The molecule has 0 atom stereocenters. The summed E-state index contributed by atoms with van der Waals surface area (Å²) in [5.74, 6) is -0.384. The van der Waals surface area contributed by atoms with Crippen LogP contribution in [-0.2, 0) is 13.1 Å². The summed E-state index contributed by atoms with van der Waals surface area (Å²) in [5.41, 5.74) is 2.08. The lowest BCUT2D eigenvalue weighted by Crippen LogP contribution is -2.13. The zero-order valence-electron chi connectivity index (χ0n) is 10.0. The quantitative estimate of drug-likeness (QED) is 0.843. The van der Waals surface area contributed by atoms with E-state index in [-0.39, 0.29) is 5.56 Å². The molecule has 5 nitrogen and oxygen atoms in total. The van der Waals surface area contributed by atoms with Gasteiger partial charge in [-0.05, 0) is 25.1 Å². The molecule has 0 unspecified atom stereocenters. The normalized spacial score (nSPS) is 10.5. The number of aromatic nitrogens is 1. The molecule has 2 N–H and O–H groups in total. The third-order valence-corrected chi connectivity index (χ3v) is 2.45. The van der Waals surface area contributed by atoms with Crippen molar-refractivity contribution < 1.29 is 14.3 Å². The molecule has 18 heavy (non-hydrogen) atoms. The lowest BCUT2D eigenvalue weighted by molar-refractivity contribution is 0.0696. The predicted molar refractivity (Wildman–Crippen MR) is 65.2 cm³/mol. The first-order chi connectivity index (χ1) is 8.65. The van der Waals surface area contributed by atoms with E-state index in [0.717, 1.165) is 11.4 Å². The van der Waals surface area contributed by atoms with Gasteiger partial charge in [0.25, 0.3) is 0 Å². The van der Waals surface area contributed by atoms with Crippen molar-refractivity contribution in [2.24, 2.45) is 0 Å². The van der Waals surface area contributed by atoms with Crippen LogP contribution in [0.1, 0.15) is 27.5 Å². The molecule has 2 aromatic rings. The van der Waals surface area contributed by atoms with Gasteiger partial charge in [0.15, 0.2) is 0 Å². The number of nitrogens with zero attached hydrogens (tertiary/aromatic N) is 1. The Morgan fingerprint density at radius 2 is 2.28 bits per heavy atom. The van der Waals surface area contributed by atoms with Crippen molar-refractivity contribution in [3.05, 3.63) is 53.2 Å². The van der Waals surface area contributed by atoms with Gasteiger partial charge in [-0.1, -0.05) is 6.07 Å². The molecular weight excluding hydrogens is 232 g/mol. The molecule has 0 radical (unpaired) electrons. The molecule has 0 aliphatic rings. The molecule has 5 heteroatoms. The summed E-state index contributed by atoms with van der Waals surface area (Å²) in [7, 11) is 0. The molecule has 0 aliphatic carbocycles. The Balaban J connectivity index is 1.86. The molecule has 0 aromatic carbocycles. The Labute approximate surface area is 104 Å². The highest BCUT2D eigenvalue weighted by atomic mass is 16.4. The lowest BCUT2D eigenvalue weighted by atomic mass is 10.3. The van der Waals surface area contributed by atoms with Gasteiger partial charge < -0.3 is 14.8 Å². The first-order valence-electron chi connectivity index (χ1n) is 5.59. The van der Waals surface area contributed by atoms with Crippen LogP contribution in [0.5, 0.6) is 0 Å². The zero-order chi connectivity index (χ0) is 13.0. The van der Waals surface area contributed by atoms with Crippen molar-refractivity contribution in [1.29, 1.82) is 0 Å². The van der Waals surface area contributed by atoms with E-state index < -0.39 is 5.97 Å². The van der Waals surface area contributed by atoms with Crippen LogP contribution >= 0.6 is 0 Å². The summed E-state index contributed by atoms with van der Waals surface area (Å²) in [5, 5.41) is 11.9. The standard InChI is InChI=1S/C13H14N2O3/c1-9-3-2-4-11(15-9)6-14-7-12-5-10(8-18-12)13(16)17/h2-5,8,14H,6-7H2,1H3,(H,16,17). The van der Waals surface area contributed by atoms with Crippen molar-refractivity contribution >= 4 is 5.97 Å². The second-order valence-electron chi connectivity index (χ2n) is 3.98. The first-order valence-corrected chi connectivity index (χ1v) is 5.59. The largest absolute Gasteiger partial charge is 0.478 e. The maximum Gasteiger partial charge on any atom is 0.338 e. The van der Waals surface area contributed by atoms with E-state index in [9.17, 15) is 4.79 Å². The number of aromatic carboxylic acids is 1. The minimum absolute atomic E-state index is 0.167. The Kier molecular flexibility index (Phi) is 3.74. The van der Waals surface area contributed by atoms with E-state index in [1.165, 1.54) is 12.3 Å². The summed E-state index contributed by atoms with van der Waals surface area (Å²) >= 11 is 0. The van der Waals surface area contributed by atoms with Gasteiger partial charge in [0.05, 0.1) is 17.8 Å². The fourth-order valence-corrected chi connectivity index (χ4v) is 1.60. The van der Waals surface area contributed by atoms with Gasteiger partial charge in [-0.3, -0.25) is 4.98 Å². The number of rotatable bonds is 5. The van der Waals surface area contributed by atoms with Gasteiger partial charge in [0.2, 0.25) is 0 Å². The highest BCUT2D eigenvalue weighted by molar-refractivity contribution is 5.87. The second kappa shape index (κ2) is 5.46. The number of aryl methyl sites for hydroxylation is 1. The molecule has 0 bridgehead atoms. The molecule has 0 saturated heterocycles. The third-order valence-electron chi connectivity index (χ3n) is 2.45. The summed E-state index contributed by atoms with van der Waals surface area (Å²) in [6.45, 7) is 3.03. The smallest absolute Gasteiger partial charge is 0.338 e. The molecule has 2 aromatic heterocycles. The Morgan fingerprint density at radius 3 is 2.94 bits per heavy atom. The molecule has 0 fully saturated rings. The number of furan rings is 1. The fraction of sp³-hybridized carbons (Fsp3) is 0.231. The van der Waals surface area contributed by atoms with Crippen LogP contribution < -0.4 is 5.32 Å². The number of pyridine rings is 1. The highest BCUT2D eigenvalue weighted by Crippen LogP contribution is 2.07. The van der Waals surface area contributed by atoms with Crippen molar-refractivity contribution in [2.75, 3.05) is 0 Å². The number of carboxylic acid groups (broad SMARTS) is 1. The number of carboxylic acids is 1. The molecule has 2 rings (SSSR count). The van der Waals surface area contributed by atoms with Crippen LogP contribution in [0.25, 0.3) is 0 Å². The average Bonchev–Trinajstić information content (AvgIpc) is 2.78. The summed E-state index contributed by atoms with van der Waals surface area (Å²) in [4.78, 5) is 15.0. The van der Waals surface area contributed by atoms with Gasteiger partial charge in [0, 0.05) is 12.2 Å². The average molecular weight is 246 g/mol.